The topological polar surface area (TPSA) is 55.1 Å². The van der Waals surface area contributed by atoms with E-state index in [0.717, 1.165) is 25.7 Å². The summed E-state index contributed by atoms with van der Waals surface area (Å²) in [6, 6.07) is 8.52. The van der Waals surface area contributed by atoms with E-state index < -0.39 is 0 Å². The molecule has 1 aliphatic rings. The van der Waals surface area contributed by atoms with Crippen molar-refractivity contribution in [3.05, 3.63) is 35.4 Å². The Kier molecular flexibility index (Phi) is 4.19. The van der Waals surface area contributed by atoms with Gasteiger partial charge in [-0.2, -0.15) is 0 Å². The standard InChI is InChI=1S/C17H26N2O/c1-16(2,3)19-15(20)9-8-13-4-6-14(7-5-13)12-17(18)10-11-17/h4-7H,8-12,18H2,1-3H3,(H,19,20). The van der Waals surface area contributed by atoms with Crippen LogP contribution in [0.5, 0.6) is 0 Å². The molecular formula is C17H26N2O. The van der Waals surface area contributed by atoms with E-state index >= 15 is 0 Å². The van der Waals surface area contributed by atoms with E-state index in [2.05, 4.69) is 29.6 Å². The molecule has 0 bridgehead atoms. The summed E-state index contributed by atoms with van der Waals surface area (Å²) in [6.07, 6.45) is 4.58. The van der Waals surface area contributed by atoms with Crippen molar-refractivity contribution in [3.8, 4) is 0 Å². The summed E-state index contributed by atoms with van der Waals surface area (Å²) in [4.78, 5) is 11.8. The second-order valence-electron chi connectivity index (χ2n) is 7.15. The summed E-state index contributed by atoms with van der Waals surface area (Å²) in [5.41, 5.74) is 8.54. The highest BCUT2D eigenvalue weighted by Gasteiger charge is 2.37. The fourth-order valence-corrected chi connectivity index (χ4v) is 2.31. The minimum atomic E-state index is -0.152. The Bertz CT molecular complexity index is 467. The molecule has 1 aliphatic carbocycles. The minimum absolute atomic E-state index is 0.0636. The minimum Gasteiger partial charge on any atom is -0.351 e. The molecule has 1 amide bonds. The molecule has 0 unspecified atom stereocenters. The molecule has 3 heteroatoms. The molecule has 0 aromatic heterocycles. The monoisotopic (exact) mass is 274 g/mol. The number of nitrogens with two attached hydrogens (primary N) is 1. The first kappa shape index (κ1) is 15.0. The number of carbonyl (C=O) groups excluding carboxylic acids is 1. The van der Waals surface area contributed by atoms with Gasteiger partial charge in [-0.15, -0.1) is 0 Å². The summed E-state index contributed by atoms with van der Waals surface area (Å²) in [6.45, 7) is 6.00. The molecule has 0 radical (unpaired) electrons. The summed E-state index contributed by atoms with van der Waals surface area (Å²) >= 11 is 0. The molecule has 0 saturated heterocycles. The number of amides is 1. The van der Waals surface area contributed by atoms with Crippen LogP contribution >= 0.6 is 0 Å². The molecule has 0 heterocycles. The summed E-state index contributed by atoms with van der Waals surface area (Å²) in [7, 11) is 0. The zero-order chi connectivity index (χ0) is 14.8. The Hall–Kier alpha value is -1.35. The van der Waals surface area contributed by atoms with Gasteiger partial charge in [0.1, 0.15) is 0 Å². The van der Waals surface area contributed by atoms with E-state index in [0.29, 0.717) is 6.42 Å². The lowest BCUT2D eigenvalue weighted by molar-refractivity contribution is -0.122. The average Bonchev–Trinajstić information content (AvgIpc) is 3.04. The lowest BCUT2D eigenvalue weighted by Crippen LogP contribution is -2.40. The number of benzene rings is 1. The third-order valence-electron chi connectivity index (χ3n) is 3.63. The van der Waals surface area contributed by atoms with Crippen LogP contribution in [0, 0.1) is 0 Å². The fourth-order valence-electron chi connectivity index (χ4n) is 2.31. The Morgan fingerprint density at radius 2 is 1.75 bits per heavy atom. The van der Waals surface area contributed by atoms with E-state index in [9.17, 15) is 4.79 Å². The Labute approximate surface area is 121 Å². The Morgan fingerprint density at radius 1 is 1.20 bits per heavy atom. The van der Waals surface area contributed by atoms with Crippen LogP contribution in [-0.4, -0.2) is 17.0 Å². The van der Waals surface area contributed by atoms with Crippen molar-refractivity contribution in [2.24, 2.45) is 5.73 Å². The van der Waals surface area contributed by atoms with Crippen molar-refractivity contribution in [2.75, 3.05) is 0 Å². The van der Waals surface area contributed by atoms with Crippen LogP contribution in [0.1, 0.15) is 51.2 Å². The molecule has 1 fully saturated rings. The first-order chi connectivity index (χ1) is 9.26. The molecule has 0 spiro atoms. The van der Waals surface area contributed by atoms with E-state index in [1.807, 2.05) is 20.8 Å². The maximum atomic E-state index is 11.8. The quantitative estimate of drug-likeness (QED) is 0.867. The summed E-state index contributed by atoms with van der Waals surface area (Å²) in [5.74, 6) is 0.112. The van der Waals surface area contributed by atoms with Gasteiger partial charge < -0.3 is 11.1 Å². The van der Waals surface area contributed by atoms with Gasteiger partial charge in [-0.05, 0) is 57.6 Å². The number of aryl methyl sites for hydroxylation is 1. The molecule has 1 aromatic rings. The predicted molar refractivity (Wildman–Crippen MR) is 82.5 cm³/mol. The smallest absolute Gasteiger partial charge is 0.220 e. The van der Waals surface area contributed by atoms with Crippen LogP contribution in [0.3, 0.4) is 0 Å². The summed E-state index contributed by atoms with van der Waals surface area (Å²) < 4.78 is 0. The van der Waals surface area contributed by atoms with Crippen molar-refractivity contribution in [1.82, 2.24) is 5.32 Å². The fraction of sp³-hybridized carbons (Fsp3) is 0.588. The van der Waals surface area contributed by atoms with Gasteiger partial charge in [0.2, 0.25) is 5.91 Å². The van der Waals surface area contributed by atoms with Crippen LogP contribution in [0.25, 0.3) is 0 Å². The van der Waals surface area contributed by atoms with Crippen molar-refractivity contribution in [3.63, 3.8) is 0 Å². The zero-order valence-electron chi connectivity index (χ0n) is 12.8. The Balaban J connectivity index is 1.80. The van der Waals surface area contributed by atoms with E-state index in [1.54, 1.807) is 0 Å². The lowest BCUT2D eigenvalue weighted by Gasteiger charge is -2.20. The van der Waals surface area contributed by atoms with Crippen molar-refractivity contribution >= 4 is 5.91 Å². The molecular weight excluding hydrogens is 248 g/mol. The highest BCUT2D eigenvalue weighted by atomic mass is 16.1. The van der Waals surface area contributed by atoms with Gasteiger partial charge in [-0.3, -0.25) is 4.79 Å². The van der Waals surface area contributed by atoms with Gasteiger partial charge in [0.15, 0.2) is 0 Å². The van der Waals surface area contributed by atoms with Crippen molar-refractivity contribution < 1.29 is 4.79 Å². The van der Waals surface area contributed by atoms with Crippen molar-refractivity contribution in [2.45, 2.75) is 64.0 Å². The second-order valence-corrected chi connectivity index (χ2v) is 7.15. The second kappa shape index (κ2) is 5.57. The van der Waals surface area contributed by atoms with Gasteiger partial charge in [-0.1, -0.05) is 24.3 Å². The third kappa shape index (κ3) is 4.97. The number of hydrogen-bond donors (Lipinski definition) is 2. The number of carbonyl (C=O) groups is 1. The summed E-state index contributed by atoms with van der Waals surface area (Å²) in [5, 5.41) is 2.98. The predicted octanol–water partition coefficient (Wildman–Crippen LogP) is 2.57. The molecule has 0 atom stereocenters. The number of hydrogen-bond acceptors (Lipinski definition) is 2. The maximum absolute atomic E-state index is 11.8. The molecule has 1 saturated carbocycles. The number of rotatable bonds is 5. The Morgan fingerprint density at radius 3 is 2.25 bits per heavy atom. The highest BCUT2D eigenvalue weighted by Crippen LogP contribution is 2.35. The molecule has 3 N–H and O–H groups in total. The van der Waals surface area contributed by atoms with Crippen LogP contribution in [0.4, 0.5) is 0 Å². The largest absolute Gasteiger partial charge is 0.351 e. The maximum Gasteiger partial charge on any atom is 0.220 e. The van der Waals surface area contributed by atoms with Crippen LogP contribution in [-0.2, 0) is 17.6 Å². The molecule has 1 aromatic carbocycles. The lowest BCUT2D eigenvalue weighted by atomic mass is 10.0. The number of nitrogens with one attached hydrogen (secondary N) is 1. The van der Waals surface area contributed by atoms with E-state index in [4.69, 9.17) is 5.73 Å². The van der Waals surface area contributed by atoms with Crippen molar-refractivity contribution in [1.29, 1.82) is 0 Å². The zero-order valence-corrected chi connectivity index (χ0v) is 12.8. The SMILES string of the molecule is CC(C)(C)NC(=O)CCc1ccc(CC2(N)CC2)cc1. The first-order valence-electron chi connectivity index (χ1n) is 7.44. The van der Waals surface area contributed by atoms with E-state index in [1.165, 1.54) is 11.1 Å². The molecule has 3 nitrogen and oxygen atoms in total. The van der Waals surface area contributed by atoms with Gasteiger partial charge in [-0.25, -0.2) is 0 Å². The van der Waals surface area contributed by atoms with Gasteiger partial charge in [0.05, 0.1) is 0 Å². The van der Waals surface area contributed by atoms with Gasteiger partial charge >= 0.3 is 0 Å². The van der Waals surface area contributed by atoms with Crippen LogP contribution in [0.15, 0.2) is 24.3 Å². The van der Waals surface area contributed by atoms with Gasteiger partial charge in [0, 0.05) is 17.5 Å². The van der Waals surface area contributed by atoms with Crippen LogP contribution in [0.2, 0.25) is 0 Å². The molecule has 20 heavy (non-hydrogen) atoms. The molecule has 110 valence electrons. The normalized spacial score (nSPS) is 16.8. The highest BCUT2D eigenvalue weighted by molar-refractivity contribution is 5.76. The molecule has 0 aliphatic heterocycles. The van der Waals surface area contributed by atoms with Gasteiger partial charge in [0.25, 0.3) is 0 Å². The molecule has 2 rings (SSSR count). The average molecular weight is 274 g/mol. The van der Waals surface area contributed by atoms with Crippen LogP contribution < -0.4 is 11.1 Å². The first-order valence-corrected chi connectivity index (χ1v) is 7.44. The third-order valence-corrected chi connectivity index (χ3v) is 3.63. The van der Waals surface area contributed by atoms with E-state index in [-0.39, 0.29) is 17.0 Å².